The van der Waals surface area contributed by atoms with Gasteiger partial charge >= 0.3 is 6.03 Å². The number of aromatic nitrogens is 2. The number of halogens is 2. The van der Waals surface area contributed by atoms with Gasteiger partial charge in [-0.05, 0) is 55.7 Å². The standard InChI is InChI=1S/C29H32F2N6O2/c1-19-26(9-6-14-39-2)35-37(21-7-4-3-5-8-21)28(19)34-29(38)33-27-18-36(22-12-13-32-16-22)17-23(27)20-10-11-24(30)25(31)15-20/h3-5,7-8,10-12,15-16,23,27H,6,9,13-14,17-18H2,1-2H3,(H2,33,34,38)/t23-,27+/m0/s1. The Kier molecular flexibility index (Phi) is 8.02. The van der Waals surface area contributed by atoms with Crippen molar-refractivity contribution in [1.29, 1.82) is 0 Å². The molecule has 1 fully saturated rings. The van der Waals surface area contributed by atoms with Crippen LogP contribution in [0.15, 0.2) is 65.3 Å². The zero-order chi connectivity index (χ0) is 27.4. The lowest BCUT2D eigenvalue weighted by molar-refractivity contribution is 0.195. The Morgan fingerprint density at radius 1 is 1.13 bits per heavy atom. The fraction of sp³-hybridized carbons (Fsp3) is 0.345. The number of likely N-dealkylation sites (tertiary alicyclic amines) is 1. The maximum Gasteiger partial charge on any atom is 0.320 e. The van der Waals surface area contributed by atoms with Crippen LogP contribution in [0.5, 0.6) is 0 Å². The molecule has 39 heavy (non-hydrogen) atoms. The number of rotatable bonds is 9. The third kappa shape index (κ3) is 5.85. The third-order valence-corrected chi connectivity index (χ3v) is 7.22. The Labute approximate surface area is 226 Å². The van der Waals surface area contributed by atoms with E-state index in [9.17, 15) is 13.6 Å². The Balaban J connectivity index is 1.39. The molecule has 0 unspecified atom stereocenters. The summed E-state index contributed by atoms with van der Waals surface area (Å²) in [5, 5.41) is 10.9. The van der Waals surface area contributed by atoms with Gasteiger partial charge in [-0.1, -0.05) is 24.3 Å². The minimum atomic E-state index is -0.904. The van der Waals surface area contributed by atoms with Crippen LogP contribution < -0.4 is 10.6 Å². The number of anilines is 1. The first-order chi connectivity index (χ1) is 18.9. The Hall–Kier alpha value is -4.05. The number of hydrogen-bond donors (Lipinski definition) is 2. The molecule has 2 aliphatic heterocycles. The van der Waals surface area contributed by atoms with E-state index in [-0.39, 0.29) is 12.0 Å². The molecular weight excluding hydrogens is 502 g/mol. The summed E-state index contributed by atoms with van der Waals surface area (Å²) >= 11 is 0. The predicted molar refractivity (Wildman–Crippen MR) is 147 cm³/mol. The molecule has 10 heteroatoms. The fourth-order valence-corrected chi connectivity index (χ4v) is 5.18. The van der Waals surface area contributed by atoms with E-state index in [0.717, 1.165) is 35.1 Å². The van der Waals surface area contributed by atoms with Crippen LogP contribution in [0.2, 0.25) is 0 Å². The van der Waals surface area contributed by atoms with Gasteiger partial charge in [0.2, 0.25) is 0 Å². The summed E-state index contributed by atoms with van der Waals surface area (Å²) in [6, 6.07) is 12.8. The second kappa shape index (κ2) is 11.8. The highest BCUT2D eigenvalue weighted by atomic mass is 19.2. The average molecular weight is 535 g/mol. The number of amides is 2. The summed E-state index contributed by atoms with van der Waals surface area (Å²) in [5.41, 5.74) is 4.18. The number of carbonyl (C=O) groups excluding carboxylic acids is 1. The first-order valence-corrected chi connectivity index (χ1v) is 13.0. The maximum atomic E-state index is 14.1. The van der Waals surface area contributed by atoms with Crippen LogP contribution in [0.25, 0.3) is 5.69 Å². The van der Waals surface area contributed by atoms with Crippen LogP contribution >= 0.6 is 0 Å². The van der Waals surface area contributed by atoms with Crippen LogP contribution in [0, 0.1) is 18.6 Å². The monoisotopic (exact) mass is 534 g/mol. The van der Waals surface area contributed by atoms with E-state index in [1.807, 2.05) is 43.3 Å². The van der Waals surface area contributed by atoms with Crippen LogP contribution in [-0.2, 0) is 11.2 Å². The molecule has 1 saturated heterocycles. The van der Waals surface area contributed by atoms with Gasteiger partial charge in [-0.2, -0.15) is 5.10 Å². The number of nitrogens with one attached hydrogen (secondary N) is 2. The van der Waals surface area contributed by atoms with E-state index >= 15 is 0 Å². The van der Waals surface area contributed by atoms with E-state index in [0.29, 0.717) is 44.0 Å². The molecule has 2 atom stereocenters. The van der Waals surface area contributed by atoms with Crippen LogP contribution in [-0.4, -0.2) is 66.3 Å². The van der Waals surface area contributed by atoms with E-state index in [2.05, 4.69) is 20.5 Å². The number of ether oxygens (including phenoxy) is 1. The normalized spacial score (nSPS) is 18.5. The van der Waals surface area contributed by atoms with Crippen molar-refractivity contribution >= 4 is 18.1 Å². The highest BCUT2D eigenvalue weighted by Crippen LogP contribution is 2.31. The molecule has 3 aromatic rings. The molecular formula is C29H32F2N6O2. The first-order valence-electron chi connectivity index (χ1n) is 13.0. The van der Waals surface area contributed by atoms with Crippen molar-refractivity contribution < 1.29 is 18.3 Å². The Morgan fingerprint density at radius 2 is 1.95 bits per heavy atom. The minimum absolute atomic E-state index is 0.245. The van der Waals surface area contributed by atoms with Gasteiger partial charge in [0, 0.05) is 44.5 Å². The smallest absolute Gasteiger partial charge is 0.320 e. The number of methoxy groups -OCH3 is 1. The molecule has 0 bridgehead atoms. The number of para-hydroxylation sites is 1. The van der Waals surface area contributed by atoms with Gasteiger partial charge < -0.3 is 15.0 Å². The molecule has 8 nitrogen and oxygen atoms in total. The number of nitrogens with zero attached hydrogens (tertiary/aromatic N) is 4. The van der Waals surface area contributed by atoms with Crippen molar-refractivity contribution in [2.45, 2.75) is 31.7 Å². The SMILES string of the molecule is COCCCc1nn(-c2ccccc2)c(NC(=O)N[C@@H]2CN(C3=CCN=C3)C[C@H]2c2ccc(F)c(F)c2)c1C. The summed E-state index contributed by atoms with van der Waals surface area (Å²) in [6.07, 6.45) is 5.33. The van der Waals surface area contributed by atoms with Gasteiger partial charge in [-0.25, -0.2) is 18.3 Å². The molecule has 3 heterocycles. The molecule has 1 aromatic heterocycles. The number of hydrogen-bond acceptors (Lipinski definition) is 5. The number of benzene rings is 2. The second-order valence-corrected chi connectivity index (χ2v) is 9.78. The van der Waals surface area contributed by atoms with E-state index in [1.165, 1.54) is 6.07 Å². The highest BCUT2D eigenvalue weighted by molar-refractivity contribution is 5.90. The lowest BCUT2D eigenvalue weighted by Crippen LogP contribution is -2.42. The molecule has 0 spiro atoms. The molecule has 2 N–H and O–H groups in total. The van der Waals surface area contributed by atoms with Crippen LogP contribution in [0.4, 0.5) is 19.4 Å². The number of carbonyl (C=O) groups is 1. The van der Waals surface area contributed by atoms with Crippen LogP contribution in [0.3, 0.4) is 0 Å². The van der Waals surface area contributed by atoms with Crippen molar-refractivity contribution in [3.8, 4) is 5.69 Å². The first kappa shape index (κ1) is 26.6. The summed E-state index contributed by atoms with van der Waals surface area (Å²) in [4.78, 5) is 19.8. The minimum Gasteiger partial charge on any atom is -0.385 e. The van der Waals surface area contributed by atoms with Gasteiger partial charge in [-0.3, -0.25) is 10.3 Å². The van der Waals surface area contributed by atoms with Crippen molar-refractivity contribution in [3.05, 3.63) is 88.8 Å². The van der Waals surface area contributed by atoms with E-state index in [1.54, 1.807) is 24.1 Å². The van der Waals surface area contributed by atoms with Crippen LogP contribution in [0.1, 0.15) is 29.2 Å². The lowest BCUT2D eigenvalue weighted by atomic mass is 9.94. The van der Waals surface area contributed by atoms with Gasteiger partial charge in [0.15, 0.2) is 11.6 Å². The van der Waals surface area contributed by atoms with Gasteiger partial charge in [-0.15, -0.1) is 0 Å². The van der Waals surface area contributed by atoms with E-state index < -0.39 is 17.7 Å². The molecule has 2 aromatic carbocycles. The molecule has 0 radical (unpaired) electrons. The van der Waals surface area contributed by atoms with Crippen molar-refractivity contribution in [2.75, 3.05) is 38.7 Å². The lowest BCUT2D eigenvalue weighted by Gasteiger charge is -2.21. The van der Waals surface area contributed by atoms with Gasteiger partial charge in [0.05, 0.1) is 29.7 Å². The predicted octanol–water partition coefficient (Wildman–Crippen LogP) is 4.60. The summed E-state index contributed by atoms with van der Waals surface area (Å²) in [7, 11) is 1.67. The maximum absolute atomic E-state index is 14.1. The Morgan fingerprint density at radius 3 is 2.67 bits per heavy atom. The summed E-state index contributed by atoms with van der Waals surface area (Å²) in [5.74, 6) is -1.46. The number of aryl methyl sites for hydroxylation is 1. The molecule has 204 valence electrons. The summed E-state index contributed by atoms with van der Waals surface area (Å²) < 4.78 is 34.7. The second-order valence-electron chi connectivity index (χ2n) is 9.78. The molecule has 5 rings (SSSR count). The molecule has 2 aliphatic rings. The molecule has 0 aliphatic carbocycles. The Bertz CT molecular complexity index is 1390. The average Bonchev–Trinajstić information content (AvgIpc) is 3.68. The van der Waals surface area contributed by atoms with Crippen molar-refractivity contribution in [2.24, 2.45) is 4.99 Å². The van der Waals surface area contributed by atoms with Gasteiger partial charge in [0.25, 0.3) is 0 Å². The summed E-state index contributed by atoms with van der Waals surface area (Å²) in [6.45, 7) is 4.21. The number of aliphatic imine (C=N–C) groups is 1. The largest absolute Gasteiger partial charge is 0.385 e. The van der Waals surface area contributed by atoms with Crippen molar-refractivity contribution in [1.82, 2.24) is 20.0 Å². The quantitative estimate of drug-likeness (QED) is 0.393. The van der Waals surface area contributed by atoms with Gasteiger partial charge in [0.1, 0.15) is 5.82 Å². The highest BCUT2D eigenvalue weighted by Gasteiger charge is 2.36. The third-order valence-electron chi connectivity index (χ3n) is 7.22. The number of urea groups is 1. The molecule has 2 amide bonds. The zero-order valence-corrected chi connectivity index (χ0v) is 22.0. The molecule has 0 saturated carbocycles. The number of allylic oxidation sites excluding steroid dienone is 1. The fourth-order valence-electron chi connectivity index (χ4n) is 5.18. The topological polar surface area (TPSA) is 83.8 Å². The van der Waals surface area contributed by atoms with Crippen molar-refractivity contribution in [3.63, 3.8) is 0 Å². The zero-order valence-electron chi connectivity index (χ0n) is 22.0. The van der Waals surface area contributed by atoms with E-state index in [4.69, 9.17) is 9.84 Å².